The number of nitrogens with one attached hydrogen (secondary N) is 2. The first-order chi connectivity index (χ1) is 15.2. The predicted molar refractivity (Wildman–Crippen MR) is 127 cm³/mol. The minimum absolute atomic E-state index is 0. The Morgan fingerprint density at radius 3 is 2.62 bits per heavy atom. The average molecular weight is 456 g/mol. The number of aryl methyl sites for hydroxylation is 2. The van der Waals surface area contributed by atoms with Crippen molar-refractivity contribution in [1.29, 1.82) is 0 Å². The van der Waals surface area contributed by atoms with E-state index in [-0.39, 0.29) is 18.2 Å². The van der Waals surface area contributed by atoms with Crippen molar-refractivity contribution in [2.24, 2.45) is 0 Å². The van der Waals surface area contributed by atoms with E-state index in [0.717, 1.165) is 59.4 Å². The molecule has 2 N–H and O–H groups in total. The molecule has 0 unspecified atom stereocenters. The molecule has 4 aromatic rings. The molecule has 1 aliphatic heterocycles. The van der Waals surface area contributed by atoms with Crippen LogP contribution in [0.15, 0.2) is 30.5 Å². The zero-order chi connectivity index (χ0) is 21.5. The predicted octanol–water partition coefficient (Wildman–Crippen LogP) is 4.76. The van der Waals surface area contributed by atoms with Crippen LogP contribution in [0.5, 0.6) is 5.75 Å². The van der Waals surface area contributed by atoms with Gasteiger partial charge in [0.25, 0.3) is 0 Å². The molecule has 0 bridgehead atoms. The molecule has 32 heavy (non-hydrogen) atoms. The minimum atomic E-state index is -0.418. The number of para-hydroxylation sites is 1. The molecule has 0 radical (unpaired) electrons. The van der Waals surface area contributed by atoms with E-state index in [2.05, 4.69) is 47.6 Å². The third kappa shape index (κ3) is 3.36. The highest BCUT2D eigenvalue weighted by atomic mass is 35.5. The van der Waals surface area contributed by atoms with Crippen LogP contribution >= 0.6 is 12.4 Å². The summed E-state index contributed by atoms with van der Waals surface area (Å²) in [5.74, 6) is -0.239. The highest BCUT2D eigenvalue weighted by Gasteiger charge is 2.27. The van der Waals surface area contributed by atoms with Gasteiger partial charge in [0.15, 0.2) is 11.6 Å². The normalized spacial score (nSPS) is 13.1. The average Bonchev–Trinajstić information content (AvgIpc) is 3.43. The summed E-state index contributed by atoms with van der Waals surface area (Å²) >= 11 is 0. The van der Waals surface area contributed by atoms with Gasteiger partial charge in [-0.2, -0.15) is 10.2 Å². The van der Waals surface area contributed by atoms with Gasteiger partial charge in [-0.05, 0) is 30.0 Å². The monoisotopic (exact) mass is 455 g/mol. The number of halogens is 2. The lowest BCUT2D eigenvalue weighted by Gasteiger charge is -2.18. The second-order valence-corrected chi connectivity index (χ2v) is 7.84. The number of benzene rings is 2. The molecular formula is C24H27ClFN5O. The maximum atomic E-state index is 15.1. The standard InChI is InChI=1S/C24H26FN5O.ClH/c1-4-14-7-6-8-15(5-2)22(14)30-23(18-12-26-10-9-20(18)29-30)16-11-19(25)24(31-3)21-17(16)13-27-28-21;/h6-8,11,13,26H,4-5,9-10,12H2,1-3H3,(H,27,28);1H. The van der Waals surface area contributed by atoms with Gasteiger partial charge >= 0.3 is 0 Å². The highest BCUT2D eigenvalue weighted by Crippen LogP contribution is 2.40. The summed E-state index contributed by atoms with van der Waals surface area (Å²) in [5, 5.41) is 16.4. The molecule has 2 aromatic carbocycles. The van der Waals surface area contributed by atoms with Crippen LogP contribution in [0.3, 0.4) is 0 Å². The van der Waals surface area contributed by atoms with Crippen molar-refractivity contribution in [3.63, 3.8) is 0 Å². The van der Waals surface area contributed by atoms with Crippen molar-refractivity contribution < 1.29 is 9.13 Å². The fourth-order valence-corrected chi connectivity index (χ4v) is 4.68. The number of ether oxygens (including phenoxy) is 1. The smallest absolute Gasteiger partial charge is 0.180 e. The summed E-state index contributed by atoms with van der Waals surface area (Å²) in [4.78, 5) is 0. The summed E-state index contributed by atoms with van der Waals surface area (Å²) in [6.07, 6.45) is 4.37. The Morgan fingerprint density at radius 2 is 1.94 bits per heavy atom. The maximum absolute atomic E-state index is 15.1. The van der Waals surface area contributed by atoms with E-state index < -0.39 is 5.82 Å². The summed E-state index contributed by atoms with van der Waals surface area (Å²) in [6.45, 7) is 5.90. The number of fused-ring (bicyclic) bond motifs is 2. The molecule has 3 heterocycles. The zero-order valence-electron chi connectivity index (χ0n) is 18.5. The number of hydrogen-bond acceptors (Lipinski definition) is 4. The minimum Gasteiger partial charge on any atom is -0.492 e. The first kappa shape index (κ1) is 22.3. The molecule has 0 saturated heterocycles. The molecule has 0 spiro atoms. The summed E-state index contributed by atoms with van der Waals surface area (Å²) in [6, 6.07) is 7.96. The third-order valence-electron chi connectivity index (χ3n) is 6.19. The van der Waals surface area contributed by atoms with Crippen LogP contribution in [0.2, 0.25) is 0 Å². The molecule has 168 valence electrons. The molecule has 0 atom stereocenters. The van der Waals surface area contributed by atoms with Gasteiger partial charge < -0.3 is 10.1 Å². The molecular weight excluding hydrogens is 429 g/mol. The third-order valence-corrected chi connectivity index (χ3v) is 6.19. The van der Waals surface area contributed by atoms with Crippen molar-refractivity contribution in [2.75, 3.05) is 13.7 Å². The Balaban J connectivity index is 0.00000245. The van der Waals surface area contributed by atoms with Crippen LogP contribution in [0.25, 0.3) is 27.8 Å². The van der Waals surface area contributed by atoms with Gasteiger partial charge in [-0.3, -0.25) is 5.10 Å². The van der Waals surface area contributed by atoms with E-state index in [1.807, 2.05) is 4.68 Å². The van der Waals surface area contributed by atoms with Crippen LogP contribution in [0.1, 0.15) is 36.2 Å². The number of methoxy groups -OCH3 is 1. The summed E-state index contributed by atoms with van der Waals surface area (Å²) in [5.41, 5.74) is 7.99. The number of nitrogens with zero attached hydrogens (tertiary/aromatic N) is 3. The Bertz CT molecular complexity index is 1260. The van der Waals surface area contributed by atoms with Gasteiger partial charge in [0.05, 0.1) is 30.4 Å². The Hall–Kier alpha value is -2.90. The topological polar surface area (TPSA) is 67.8 Å². The largest absolute Gasteiger partial charge is 0.492 e. The lowest BCUT2D eigenvalue weighted by atomic mass is 9.97. The quantitative estimate of drug-likeness (QED) is 0.455. The molecule has 2 aromatic heterocycles. The van der Waals surface area contributed by atoms with E-state index in [0.29, 0.717) is 12.1 Å². The Kier molecular flexibility index (Phi) is 6.22. The number of hydrogen-bond donors (Lipinski definition) is 2. The van der Waals surface area contributed by atoms with E-state index in [4.69, 9.17) is 9.84 Å². The maximum Gasteiger partial charge on any atom is 0.180 e. The number of aromatic nitrogens is 4. The number of rotatable bonds is 5. The summed E-state index contributed by atoms with van der Waals surface area (Å²) in [7, 11) is 1.47. The second-order valence-electron chi connectivity index (χ2n) is 7.84. The van der Waals surface area contributed by atoms with Crippen molar-refractivity contribution in [1.82, 2.24) is 25.3 Å². The number of H-pyrrole nitrogens is 1. The lowest BCUT2D eigenvalue weighted by molar-refractivity contribution is 0.391. The first-order valence-corrected chi connectivity index (χ1v) is 10.8. The zero-order valence-corrected chi connectivity index (χ0v) is 19.3. The first-order valence-electron chi connectivity index (χ1n) is 10.8. The van der Waals surface area contributed by atoms with Crippen molar-refractivity contribution >= 4 is 23.3 Å². The van der Waals surface area contributed by atoms with E-state index in [9.17, 15) is 0 Å². The Morgan fingerprint density at radius 1 is 1.19 bits per heavy atom. The van der Waals surface area contributed by atoms with E-state index in [1.165, 1.54) is 18.2 Å². The molecule has 0 aliphatic carbocycles. The van der Waals surface area contributed by atoms with Gasteiger partial charge in [0.1, 0.15) is 5.52 Å². The van der Waals surface area contributed by atoms with Gasteiger partial charge in [0, 0.05) is 36.0 Å². The molecule has 6 nitrogen and oxygen atoms in total. The second kappa shape index (κ2) is 8.92. The van der Waals surface area contributed by atoms with Crippen molar-refractivity contribution in [2.45, 2.75) is 39.7 Å². The van der Waals surface area contributed by atoms with E-state index in [1.54, 1.807) is 12.3 Å². The molecule has 1 aliphatic rings. The lowest BCUT2D eigenvalue weighted by Crippen LogP contribution is -2.23. The fourth-order valence-electron chi connectivity index (χ4n) is 4.68. The van der Waals surface area contributed by atoms with Crippen molar-refractivity contribution in [3.05, 3.63) is 58.7 Å². The fraction of sp³-hybridized carbons (Fsp3) is 0.333. The van der Waals surface area contributed by atoms with Crippen LogP contribution in [0, 0.1) is 5.82 Å². The van der Waals surface area contributed by atoms with E-state index >= 15 is 4.39 Å². The Labute approximate surface area is 192 Å². The summed E-state index contributed by atoms with van der Waals surface area (Å²) < 4.78 is 22.4. The van der Waals surface area contributed by atoms with Crippen LogP contribution in [0.4, 0.5) is 4.39 Å². The molecule has 8 heteroatoms. The molecule has 0 amide bonds. The van der Waals surface area contributed by atoms with Crippen LogP contribution < -0.4 is 10.1 Å². The molecule has 0 saturated carbocycles. The van der Waals surface area contributed by atoms with Gasteiger partial charge in [-0.25, -0.2) is 9.07 Å². The van der Waals surface area contributed by atoms with Gasteiger partial charge in [-0.1, -0.05) is 32.0 Å². The van der Waals surface area contributed by atoms with Gasteiger partial charge in [-0.15, -0.1) is 12.4 Å². The van der Waals surface area contributed by atoms with Crippen LogP contribution in [-0.2, 0) is 25.8 Å². The van der Waals surface area contributed by atoms with Gasteiger partial charge in [0.2, 0.25) is 0 Å². The highest BCUT2D eigenvalue weighted by molar-refractivity contribution is 5.98. The molecule has 0 fully saturated rings. The van der Waals surface area contributed by atoms with Crippen LogP contribution in [-0.4, -0.2) is 33.6 Å². The molecule has 5 rings (SSSR count). The SMILES string of the molecule is CCc1cccc(CC)c1-n1nc2c(c1-c1cc(F)c(OC)c3[nH]ncc13)CNCC2.Cl. The number of aromatic amines is 1. The van der Waals surface area contributed by atoms with Crippen molar-refractivity contribution in [3.8, 4) is 22.7 Å².